The second-order valence-corrected chi connectivity index (χ2v) is 7.24. The molecular formula is C23H30FN3O2. The summed E-state index contributed by atoms with van der Waals surface area (Å²) in [6.45, 7) is 7.67. The number of benzene rings is 2. The molecule has 2 aromatic rings. The third kappa shape index (κ3) is 6.46. The van der Waals surface area contributed by atoms with Gasteiger partial charge in [-0.3, -0.25) is 9.69 Å². The largest absolute Gasteiger partial charge is 0.494 e. The molecule has 0 atom stereocenters. The normalized spacial score (nSPS) is 14.6. The summed E-state index contributed by atoms with van der Waals surface area (Å²) in [6.07, 6.45) is 1.29. The lowest BCUT2D eigenvalue weighted by molar-refractivity contribution is -0.120. The number of amides is 1. The highest BCUT2D eigenvalue weighted by Gasteiger charge is 2.18. The molecule has 0 aliphatic carbocycles. The van der Waals surface area contributed by atoms with Crippen LogP contribution in [0.3, 0.4) is 0 Å². The molecule has 3 rings (SSSR count). The highest BCUT2D eigenvalue weighted by Crippen LogP contribution is 2.20. The van der Waals surface area contributed by atoms with E-state index in [2.05, 4.69) is 15.1 Å². The van der Waals surface area contributed by atoms with Crippen molar-refractivity contribution in [3.05, 3.63) is 59.9 Å². The first-order valence-corrected chi connectivity index (χ1v) is 10.4. The smallest absolute Gasteiger partial charge is 0.224 e. The number of rotatable bonds is 9. The Hall–Kier alpha value is -2.60. The van der Waals surface area contributed by atoms with Gasteiger partial charge in [-0.25, -0.2) is 4.39 Å². The molecule has 1 heterocycles. The molecular weight excluding hydrogens is 369 g/mol. The topological polar surface area (TPSA) is 44.8 Å². The first-order chi connectivity index (χ1) is 14.2. The first-order valence-electron chi connectivity index (χ1n) is 10.4. The highest BCUT2D eigenvalue weighted by atomic mass is 19.1. The number of piperazine rings is 1. The predicted molar refractivity (Wildman–Crippen MR) is 114 cm³/mol. The van der Waals surface area contributed by atoms with E-state index >= 15 is 0 Å². The molecule has 0 aromatic heterocycles. The number of halogens is 1. The van der Waals surface area contributed by atoms with Crippen LogP contribution in [0.15, 0.2) is 48.5 Å². The van der Waals surface area contributed by atoms with E-state index in [1.54, 1.807) is 6.07 Å². The molecule has 1 fully saturated rings. The van der Waals surface area contributed by atoms with Crippen molar-refractivity contribution in [3.8, 4) is 5.75 Å². The lowest BCUT2D eigenvalue weighted by atomic mass is 10.1. The van der Waals surface area contributed by atoms with E-state index in [1.165, 1.54) is 6.07 Å². The lowest BCUT2D eigenvalue weighted by Gasteiger charge is -2.36. The Labute approximate surface area is 172 Å². The molecule has 5 nitrogen and oxygen atoms in total. The molecule has 1 saturated heterocycles. The van der Waals surface area contributed by atoms with Crippen LogP contribution in [-0.4, -0.2) is 56.7 Å². The second kappa shape index (κ2) is 10.8. The molecule has 0 saturated carbocycles. The van der Waals surface area contributed by atoms with Crippen LogP contribution in [-0.2, 0) is 11.2 Å². The van der Waals surface area contributed by atoms with E-state index in [9.17, 15) is 9.18 Å². The average molecular weight is 400 g/mol. The number of carbonyl (C=O) groups excluding carboxylic acids is 1. The Morgan fingerprint density at radius 2 is 1.79 bits per heavy atom. The molecule has 1 aliphatic heterocycles. The Kier molecular flexibility index (Phi) is 7.87. The van der Waals surface area contributed by atoms with E-state index in [0.29, 0.717) is 25.3 Å². The summed E-state index contributed by atoms with van der Waals surface area (Å²) < 4.78 is 19.3. The van der Waals surface area contributed by atoms with E-state index in [0.717, 1.165) is 50.5 Å². The zero-order chi connectivity index (χ0) is 20.5. The van der Waals surface area contributed by atoms with Crippen LogP contribution in [0.2, 0.25) is 0 Å². The molecule has 0 unspecified atom stereocenters. The minimum atomic E-state index is -0.156. The minimum absolute atomic E-state index is 0.0403. The Morgan fingerprint density at radius 3 is 2.48 bits per heavy atom. The summed E-state index contributed by atoms with van der Waals surface area (Å²) in [5.74, 6) is 0.710. The lowest BCUT2D eigenvalue weighted by Crippen LogP contribution is -2.47. The molecule has 1 aliphatic rings. The molecule has 29 heavy (non-hydrogen) atoms. The van der Waals surface area contributed by atoms with Gasteiger partial charge in [0.15, 0.2) is 0 Å². The summed E-state index contributed by atoms with van der Waals surface area (Å²) >= 11 is 0. The van der Waals surface area contributed by atoms with Gasteiger partial charge in [-0.05, 0) is 49.7 Å². The van der Waals surface area contributed by atoms with Crippen molar-refractivity contribution in [2.45, 2.75) is 19.8 Å². The first kappa shape index (κ1) is 21.1. The zero-order valence-electron chi connectivity index (χ0n) is 17.1. The van der Waals surface area contributed by atoms with Gasteiger partial charge in [0.2, 0.25) is 5.91 Å². The van der Waals surface area contributed by atoms with Crippen LogP contribution in [0.1, 0.15) is 18.9 Å². The summed E-state index contributed by atoms with van der Waals surface area (Å²) in [4.78, 5) is 16.6. The van der Waals surface area contributed by atoms with Crippen molar-refractivity contribution >= 4 is 11.6 Å². The highest BCUT2D eigenvalue weighted by molar-refractivity contribution is 5.78. The van der Waals surface area contributed by atoms with Crippen molar-refractivity contribution in [1.29, 1.82) is 0 Å². The van der Waals surface area contributed by atoms with Gasteiger partial charge in [0.1, 0.15) is 11.6 Å². The van der Waals surface area contributed by atoms with Gasteiger partial charge in [-0.15, -0.1) is 0 Å². The average Bonchev–Trinajstić information content (AvgIpc) is 2.74. The number of nitrogens with one attached hydrogen (secondary N) is 1. The zero-order valence-corrected chi connectivity index (χ0v) is 17.1. The summed E-state index contributed by atoms with van der Waals surface area (Å²) in [6, 6.07) is 14.6. The maximum Gasteiger partial charge on any atom is 0.224 e. The molecule has 6 heteroatoms. The molecule has 2 aromatic carbocycles. The number of hydrogen-bond acceptors (Lipinski definition) is 4. The number of anilines is 1. The minimum Gasteiger partial charge on any atom is -0.494 e. The molecule has 0 radical (unpaired) electrons. The van der Waals surface area contributed by atoms with Crippen LogP contribution < -0.4 is 15.0 Å². The van der Waals surface area contributed by atoms with Crippen LogP contribution in [0, 0.1) is 5.82 Å². The number of para-hydroxylation sites is 1. The fourth-order valence-electron chi connectivity index (χ4n) is 3.57. The number of carbonyl (C=O) groups is 1. The molecule has 0 spiro atoms. The van der Waals surface area contributed by atoms with E-state index in [-0.39, 0.29) is 11.7 Å². The van der Waals surface area contributed by atoms with Gasteiger partial charge >= 0.3 is 0 Å². The SMILES string of the molecule is CCOc1ccc(CC(=O)NCCCN2CCN(c3ccccc3F)CC2)cc1. The number of ether oxygens (including phenoxy) is 1. The Morgan fingerprint density at radius 1 is 1.07 bits per heavy atom. The van der Waals surface area contributed by atoms with E-state index in [4.69, 9.17) is 4.74 Å². The summed E-state index contributed by atoms with van der Waals surface area (Å²) in [5.41, 5.74) is 1.67. The van der Waals surface area contributed by atoms with Crippen molar-refractivity contribution in [2.24, 2.45) is 0 Å². The van der Waals surface area contributed by atoms with Crippen molar-refractivity contribution in [2.75, 3.05) is 50.8 Å². The van der Waals surface area contributed by atoms with Gasteiger partial charge in [0.05, 0.1) is 18.7 Å². The van der Waals surface area contributed by atoms with Crippen LogP contribution in [0.25, 0.3) is 0 Å². The molecule has 1 N–H and O–H groups in total. The maximum atomic E-state index is 13.9. The monoisotopic (exact) mass is 399 g/mol. The fraction of sp³-hybridized carbons (Fsp3) is 0.435. The number of nitrogens with zero attached hydrogens (tertiary/aromatic N) is 2. The van der Waals surface area contributed by atoms with Crippen LogP contribution in [0.4, 0.5) is 10.1 Å². The molecule has 1 amide bonds. The maximum absolute atomic E-state index is 13.9. The number of hydrogen-bond donors (Lipinski definition) is 1. The van der Waals surface area contributed by atoms with Gasteiger partial charge in [0, 0.05) is 32.7 Å². The third-order valence-electron chi connectivity index (χ3n) is 5.14. The van der Waals surface area contributed by atoms with Gasteiger partial charge in [-0.1, -0.05) is 24.3 Å². The molecule has 0 bridgehead atoms. The third-order valence-corrected chi connectivity index (χ3v) is 5.14. The Bertz CT molecular complexity index is 774. The molecule has 156 valence electrons. The summed E-state index contributed by atoms with van der Waals surface area (Å²) in [5, 5.41) is 3.00. The van der Waals surface area contributed by atoms with Gasteiger partial charge < -0.3 is 15.0 Å². The van der Waals surface area contributed by atoms with Crippen molar-refractivity contribution < 1.29 is 13.9 Å². The van der Waals surface area contributed by atoms with Gasteiger partial charge in [-0.2, -0.15) is 0 Å². The van der Waals surface area contributed by atoms with Crippen LogP contribution in [0.5, 0.6) is 5.75 Å². The second-order valence-electron chi connectivity index (χ2n) is 7.24. The van der Waals surface area contributed by atoms with Gasteiger partial charge in [0.25, 0.3) is 0 Å². The van der Waals surface area contributed by atoms with E-state index < -0.39 is 0 Å². The van der Waals surface area contributed by atoms with Crippen LogP contribution >= 0.6 is 0 Å². The van der Waals surface area contributed by atoms with Crippen molar-refractivity contribution in [3.63, 3.8) is 0 Å². The Balaban J connectivity index is 1.31. The predicted octanol–water partition coefficient (Wildman–Crippen LogP) is 3.10. The quantitative estimate of drug-likeness (QED) is 0.658. The standard InChI is InChI=1S/C23H30FN3O2/c1-2-29-20-10-8-19(9-11-20)18-23(28)25-12-5-13-26-14-16-27(17-15-26)22-7-4-3-6-21(22)24/h3-4,6-11H,2,5,12-18H2,1H3,(H,25,28). The van der Waals surface area contributed by atoms with E-state index in [1.807, 2.05) is 43.3 Å². The summed E-state index contributed by atoms with van der Waals surface area (Å²) in [7, 11) is 0. The van der Waals surface area contributed by atoms with Crippen molar-refractivity contribution in [1.82, 2.24) is 10.2 Å². The fourth-order valence-corrected chi connectivity index (χ4v) is 3.57.